The molecule has 27 heavy (non-hydrogen) atoms. The van der Waals surface area contributed by atoms with Crippen molar-refractivity contribution in [3.8, 4) is 0 Å². The smallest absolute Gasteiger partial charge is 0.224 e. The van der Waals surface area contributed by atoms with Gasteiger partial charge < -0.3 is 10.6 Å². The van der Waals surface area contributed by atoms with E-state index in [1.165, 1.54) is 24.8 Å². The number of carbonyl (C=O) groups is 2. The topological polar surface area (TPSA) is 58.2 Å². The second-order valence-electron chi connectivity index (χ2n) is 8.06. The van der Waals surface area contributed by atoms with Crippen LogP contribution in [0.25, 0.3) is 0 Å². The average molecular weight is 375 g/mol. The second kappa shape index (κ2) is 12.5. The lowest BCUT2D eigenvalue weighted by atomic mass is 9.98. The van der Waals surface area contributed by atoms with E-state index < -0.39 is 0 Å². The van der Waals surface area contributed by atoms with Gasteiger partial charge in [-0.25, -0.2) is 0 Å². The van der Waals surface area contributed by atoms with E-state index in [-0.39, 0.29) is 17.7 Å². The SMILES string of the molecule is CCCC[C@H](CC)CNC(=O)C[C@@H](C)CC(=O)Nc1ccc(C(C)C)cc1. The van der Waals surface area contributed by atoms with Gasteiger partial charge in [0.2, 0.25) is 11.8 Å². The van der Waals surface area contributed by atoms with Crippen LogP contribution in [-0.2, 0) is 9.59 Å². The highest BCUT2D eigenvalue weighted by Crippen LogP contribution is 2.18. The van der Waals surface area contributed by atoms with Crippen LogP contribution in [0.3, 0.4) is 0 Å². The average Bonchev–Trinajstić information content (AvgIpc) is 2.62. The Morgan fingerprint density at radius 1 is 0.963 bits per heavy atom. The molecule has 152 valence electrons. The molecule has 1 aromatic rings. The number of unbranched alkanes of at least 4 members (excludes halogenated alkanes) is 1. The van der Waals surface area contributed by atoms with Crippen LogP contribution in [0.5, 0.6) is 0 Å². The molecule has 4 nitrogen and oxygen atoms in total. The first-order chi connectivity index (χ1) is 12.8. The Kier molecular flexibility index (Phi) is 10.8. The van der Waals surface area contributed by atoms with Crippen LogP contribution in [0.4, 0.5) is 5.69 Å². The lowest BCUT2D eigenvalue weighted by molar-refractivity contribution is -0.122. The van der Waals surface area contributed by atoms with Crippen molar-refractivity contribution in [2.45, 2.75) is 79.1 Å². The molecule has 2 amide bonds. The number of benzene rings is 1. The fourth-order valence-electron chi connectivity index (χ4n) is 3.14. The highest BCUT2D eigenvalue weighted by atomic mass is 16.2. The maximum absolute atomic E-state index is 12.2. The summed E-state index contributed by atoms with van der Waals surface area (Å²) in [6.45, 7) is 11.4. The van der Waals surface area contributed by atoms with E-state index >= 15 is 0 Å². The van der Waals surface area contributed by atoms with E-state index in [0.29, 0.717) is 24.7 Å². The molecule has 0 aromatic heterocycles. The number of rotatable bonds is 12. The second-order valence-corrected chi connectivity index (χ2v) is 8.06. The lowest BCUT2D eigenvalue weighted by Crippen LogP contribution is -2.30. The summed E-state index contributed by atoms with van der Waals surface area (Å²) < 4.78 is 0. The molecule has 0 aliphatic rings. The summed E-state index contributed by atoms with van der Waals surface area (Å²) in [6, 6.07) is 7.96. The van der Waals surface area contributed by atoms with Crippen LogP contribution in [0.2, 0.25) is 0 Å². The Bertz CT molecular complexity index is 566. The minimum Gasteiger partial charge on any atom is -0.356 e. The number of nitrogens with one attached hydrogen (secondary N) is 2. The number of carbonyl (C=O) groups excluding carboxylic acids is 2. The van der Waals surface area contributed by atoms with Gasteiger partial charge in [-0.2, -0.15) is 0 Å². The molecule has 0 aliphatic carbocycles. The van der Waals surface area contributed by atoms with Gasteiger partial charge in [0, 0.05) is 25.1 Å². The fraction of sp³-hybridized carbons (Fsp3) is 0.652. The third-order valence-electron chi connectivity index (χ3n) is 5.06. The Balaban J connectivity index is 2.34. The Labute approximate surface area is 165 Å². The minimum absolute atomic E-state index is 0.0238. The monoisotopic (exact) mass is 374 g/mol. The van der Waals surface area contributed by atoms with E-state index in [1.54, 1.807) is 0 Å². The highest BCUT2D eigenvalue weighted by Gasteiger charge is 2.15. The highest BCUT2D eigenvalue weighted by molar-refractivity contribution is 5.91. The summed E-state index contributed by atoms with van der Waals surface area (Å²) in [6.07, 6.45) is 5.41. The van der Waals surface area contributed by atoms with Crippen molar-refractivity contribution in [3.05, 3.63) is 29.8 Å². The summed E-state index contributed by atoms with van der Waals surface area (Å²) in [5, 5.41) is 5.97. The maximum Gasteiger partial charge on any atom is 0.224 e. The van der Waals surface area contributed by atoms with Crippen LogP contribution >= 0.6 is 0 Å². The molecule has 0 saturated heterocycles. The molecule has 0 aliphatic heterocycles. The van der Waals surface area contributed by atoms with Crippen LogP contribution in [0.15, 0.2) is 24.3 Å². The minimum atomic E-state index is -0.0398. The summed E-state index contributed by atoms with van der Waals surface area (Å²) in [5.74, 6) is 1.06. The first-order valence-corrected chi connectivity index (χ1v) is 10.5. The molecule has 0 bridgehead atoms. The van der Waals surface area contributed by atoms with Crippen molar-refractivity contribution >= 4 is 17.5 Å². The molecule has 1 rings (SSSR count). The molecule has 1 aromatic carbocycles. The number of hydrogen-bond acceptors (Lipinski definition) is 2. The summed E-state index contributed by atoms with van der Waals surface area (Å²) >= 11 is 0. The first-order valence-electron chi connectivity index (χ1n) is 10.5. The number of hydrogen-bond donors (Lipinski definition) is 2. The third-order valence-corrected chi connectivity index (χ3v) is 5.06. The van der Waals surface area contributed by atoms with Crippen molar-refractivity contribution in [1.29, 1.82) is 0 Å². The number of anilines is 1. The fourth-order valence-corrected chi connectivity index (χ4v) is 3.14. The molecule has 4 heteroatoms. The van der Waals surface area contributed by atoms with Crippen LogP contribution in [-0.4, -0.2) is 18.4 Å². The van der Waals surface area contributed by atoms with Gasteiger partial charge in [-0.3, -0.25) is 9.59 Å². The van der Waals surface area contributed by atoms with Gasteiger partial charge >= 0.3 is 0 Å². The van der Waals surface area contributed by atoms with Crippen molar-refractivity contribution in [2.24, 2.45) is 11.8 Å². The van der Waals surface area contributed by atoms with E-state index in [9.17, 15) is 9.59 Å². The Morgan fingerprint density at radius 2 is 1.59 bits per heavy atom. The van der Waals surface area contributed by atoms with Gasteiger partial charge in [0.1, 0.15) is 0 Å². The van der Waals surface area contributed by atoms with Crippen molar-refractivity contribution in [2.75, 3.05) is 11.9 Å². The zero-order valence-electron chi connectivity index (χ0n) is 17.8. The van der Waals surface area contributed by atoms with E-state index in [0.717, 1.165) is 18.7 Å². The molecular weight excluding hydrogens is 336 g/mol. The predicted molar refractivity (Wildman–Crippen MR) is 114 cm³/mol. The lowest BCUT2D eigenvalue weighted by Gasteiger charge is -2.17. The maximum atomic E-state index is 12.2. The van der Waals surface area contributed by atoms with Crippen molar-refractivity contribution in [3.63, 3.8) is 0 Å². The van der Waals surface area contributed by atoms with Crippen LogP contribution in [0, 0.1) is 11.8 Å². The first kappa shape index (κ1) is 23.2. The van der Waals surface area contributed by atoms with Crippen molar-refractivity contribution < 1.29 is 9.59 Å². The van der Waals surface area contributed by atoms with Crippen LogP contribution in [0.1, 0.15) is 84.6 Å². The summed E-state index contributed by atoms with van der Waals surface area (Å²) in [4.78, 5) is 24.4. The standard InChI is InChI=1S/C23H38N2O2/c1-6-8-9-19(7-2)16-24-22(26)14-18(5)15-23(27)25-21-12-10-20(11-13-21)17(3)4/h10-13,17-19H,6-9,14-16H2,1-5H3,(H,24,26)(H,25,27)/t18-,19+/m1/s1. The third kappa shape index (κ3) is 9.60. The van der Waals surface area contributed by atoms with Gasteiger partial charge in [-0.15, -0.1) is 0 Å². The molecular formula is C23H38N2O2. The largest absolute Gasteiger partial charge is 0.356 e. The summed E-state index contributed by atoms with van der Waals surface area (Å²) in [5.41, 5.74) is 2.06. The quantitative estimate of drug-likeness (QED) is 0.508. The molecule has 0 saturated carbocycles. The Morgan fingerprint density at radius 3 is 2.15 bits per heavy atom. The van der Waals surface area contributed by atoms with Gasteiger partial charge in [-0.1, -0.05) is 66.0 Å². The summed E-state index contributed by atoms with van der Waals surface area (Å²) in [7, 11) is 0. The molecule has 0 unspecified atom stereocenters. The van der Waals surface area contributed by atoms with Crippen molar-refractivity contribution in [1.82, 2.24) is 5.32 Å². The van der Waals surface area contributed by atoms with Gasteiger partial charge in [0.05, 0.1) is 0 Å². The molecule has 2 N–H and O–H groups in total. The Hall–Kier alpha value is -1.84. The molecule has 0 fully saturated rings. The van der Waals surface area contributed by atoms with Crippen LogP contribution < -0.4 is 10.6 Å². The molecule has 0 radical (unpaired) electrons. The van der Waals surface area contributed by atoms with E-state index in [2.05, 4.69) is 38.3 Å². The molecule has 0 heterocycles. The van der Waals surface area contributed by atoms with E-state index in [1.807, 2.05) is 31.2 Å². The number of amides is 2. The molecule has 2 atom stereocenters. The zero-order valence-corrected chi connectivity index (χ0v) is 17.8. The van der Waals surface area contributed by atoms with Gasteiger partial charge in [0.15, 0.2) is 0 Å². The van der Waals surface area contributed by atoms with Gasteiger partial charge in [-0.05, 0) is 41.9 Å². The normalized spacial score (nSPS) is 13.3. The van der Waals surface area contributed by atoms with Gasteiger partial charge in [0.25, 0.3) is 0 Å². The van der Waals surface area contributed by atoms with E-state index in [4.69, 9.17) is 0 Å². The molecule has 0 spiro atoms. The zero-order chi connectivity index (χ0) is 20.2. The predicted octanol–water partition coefficient (Wildman–Crippen LogP) is 5.50.